The summed E-state index contributed by atoms with van der Waals surface area (Å²) in [6.45, 7) is 6.81. The summed E-state index contributed by atoms with van der Waals surface area (Å²) in [5.74, 6) is -10.7. The summed E-state index contributed by atoms with van der Waals surface area (Å²) in [5, 5.41) is 11.6. The molecule has 0 aliphatic carbocycles. The quantitative estimate of drug-likeness (QED) is 0.181. The van der Waals surface area contributed by atoms with E-state index >= 15 is 0 Å². The Morgan fingerprint density at radius 2 is 0.797 bits per heavy atom. The van der Waals surface area contributed by atoms with Gasteiger partial charge in [0.25, 0.3) is 0 Å². The zero-order valence-electron chi connectivity index (χ0n) is 33.3. The Balaban J connectivity index is 2.22. The molecule has 2 aliphatic heterocycles. The zero-order valence-corrected chi connectivity index (χ0v) is 33.3. The van der Waals surface area contributed by atoms with Gasteiger partial charge in [-0.1, -0.05) is 0 Å². The fraction of sp³-hybridized carbons (Fsp3) is 0.583. The second-order valence-corrected chi connectivity index (χ2v) is 12.7. The van der Waals surface area contributed by atoms with Crippen molar-refractivity contribution >= 4 is 53.7 Å². The standard InChI is InChI=1S/C36H44O23/c1-14(37)48-12-25-28(50-16(3)39)30(52-18(5)41)32(54-20(7)43)35(58-25)56-23-10-22(34(46)47-9)11-24(27(23)45)57-36-33(55-21(8)44)31(53-19(6)42)29(51-17(4)40)26(59-36)13-49-15(2)38/h10-11,25-26,28-33,35-36,45H,12-13H2,1-9H3/t25-,26-,28-,29-,30+,31+,32-,33-,35?,36?/m1/s1. The molecule has 0 radical (unpaired) electrons. The molecule has 23 heteroatoms. The molecule has 2 aliphatic rings. The van der Waals surface area contributed by atoms with Gasteiger partial charge in [-0.25, -0.2) is 4.79 Å². The van der Waals surface area contributed by atoms with Crippen molar-refractivity contribution in [3.05, 3.63) is 17.7 Å². The van der Waals surface area contributed by atoms with Crippen LogP contribution in [0.1, 0.15) is 65.7 Å². The number of phenolic OH excluding ortho intramolecular Hbond substituents is 1. The third-order valence-electron chi connectivity index (χ3n) is 7.84. The van der Waals surface area contributed by atoms with E-state index in [0.29, 0.717) is 0 Å². The number of aromatic hydroxyl groups is 1. The van der Waals surface area contributed by atoms with Gasteiger partial charge in [0.05, 0.1) is 12.7 Å². The molecule has 1 N–H and O–H groups in total. The highest BCUT2D eigenvalue weighted by molar-refractivity contribution is 5.91. The minimum absolute atomic E-state index is 0.397. The van der Waals surface area contributed by atoms with Gasteiger partial charge in [0.2, 0.25) is 30.5 Å². The van der Waals surface area contributed by atoms with Crippen LogP contribution in [-0.4, -0.2) is 141 Å². The van der Waals surface area contributed by atoms with Gasteiger partial charge >= 0.3 is 53.7 Å². The Labute approximate surface area is 335 Å². The first kappa shape index (κ1) is 47.1. The smallest absolute Gasteiger partial charge is 0.338 e. The summed E-state index contributed by atoms with van der Waals surface area (Å²) >= 11 is 0. The van der Waals surface area contributed by atoms with E-state index < -0.39 is 151 Å². The largest absolute Gasteiger partial charge is 0.502 e. The Hall–Kier alpha value is -6.23. The zero-order chi connectivity index (χ0) is 44.3. The maximum Gasteiger partial charge on any atom is 0.338 e. The second-order valence-electron chi connectivity index (χ2n) is 12.7. The van der Waals surface area contributed by atoms with Crippen molar-refractivity contribution in [2.45, 2.75) is 117 Å². The monoisotopic (exact) mass is 844 g/mol. The molecule has 1 aromatic rings. The maximum atomic E-state index is 12.9. The van der Waals surface area contributed by atoms with Crippen LogP contribution in [0.25, 0.3) is 0 Å². The molecular weight excluding hydrogens is 800 g/mol. The first-order valence-corrected chi connectivity index (χ1v) is 17.5. The number of carbonyl (C=O) groups excluding carboxylic acids is 9. The van der Waals surface area contributed by atoms with Crippen molar-refractivity contribution in [3.8, 4) is 17.2 Å². The summed E-state index contributed by atoms with van der Waals surface area (Å²) in [6, 6.07) is 1.85. The van der Waals surface area contributed by atoms with Crippen LogP contribution in [-0.2, 0) is 90.5 Å². The SMILES string of the molecule is COC(=O)c1cc(OC2O[C@H](COC(C)=O)[C@@H](OC(C)=O)[C@H](OC(C)=O)[C@H]2OC(C)=O)c(O)c(OC2O[C@H](COC(C)=O)[C@@H](OC(C)=O)[C@H](OC(C)=O)[C@H]2OC(C)=O)c1. The van der Waals surface area contributed by atoms with E-state index in [-0.39, 0.29) is 0 Å². The summed E-state index contributed by atoms with van der Waals surface area (Å²) < 4.78 is 71.1. The molecular formula is C36H44O23. The van der Waals surface area contributed by atoms with E-state index in [4.69, 9.17) is 61.6 Å². The maximum absolute atomic E-state index is 12.9. The average molecular weight is 845 g/mol. The molecule has 3 rings (SSSR count). The van der Waals surface area contributed by atoms with Gasteiger partial charge in [-0.2, -0.15) is 0 Å². The van der Waals surface area contributed by atoms with Gasteiger partial charge < -0.3 is 66.7 Å². The number of hydrogen-bond acceptors (Lipinski definition) is 23. The lowest BCUT2D eigenvalue weighted by molar-refractivity contribution is -0.289. The number of methoxy groups -OCH3 is 1. The van der Waals surface area contributed by atoms with Crippen LogP contribution >= 0.6 is 0 Å². The summed E-state index contributed by atoms with van der Waals surface area (Å²) in [7, 11) is 1.01. The number of benzene rings is 1. The van der Waals surface area contributed by atoms with E-state index in [2.05, 4.69) is 0 Å². The number of rotatable bonds is 15. The highest BCUT2D eigenvalue weighted by Gasteiger charge is 2.55. The Morgan fingerprint density at radius 1 is 0.492 bits per heavy atom. The molecule has 2 heterocycles. The topological polar surface area (TPSA) is 294 Å². The van der Waals surface area contributed by atoms with Crippen molar-refractivity contribution in [3.63, 3.8) is 0 Å². The summed E-state index contributed by atoms with van der Waals surface area (Å²) in [5.41, 5.74) is -0.397. The van der Waals surface area contributed by atoms with Gasteiger partial charge in [-0.3, -0.25) is 38.4 Å². The molecule has 23 nitrogen and oxygen atoms in total. The van der Waals surface area contributed by atoms with Gasteiger partial charge in [0.1, 0.15) is 25.4 Å². The highest BCUT2D eigenvalue weighted by atomic mass is 16.8. The number of hydrogen-bond donors (Lipinski definition) is 1. The normalized spacial score (nSPS) is 26.1. The second kappa shape index (κ2) is 21.0. The van der Waals surface area contributed by atoms with Crippen LogP contribution in [0, 0.1) is 0 Å². The van der Waals surface area contributed by atoms with Crippen molar-refractivity contribution < 1.29 is 110 Å². The minimum Gasteiger partial charge on any atom is -0.502 e. The molecule has 2 saturated heterocycles. The van der Waals surface area contributed by atoms with Gasteiger partial charge in [-0.05, 0) is 12.1 Å². The lowest BCUT2D eigenvalue weighted by Crippen LogP contribution is -2.63. The van der Waals surface area contributed by atoms with E-state index in [1.807, 2.05) is 0 Å². The molecule has 0 bridgehead atoms. The third kappa shape index (κ3) is 13.4. The molecule has 2 unspecified atom stereocenters. The lowest BCUT2D eigenvalue weighted by Gasteiger charge is -2.44. The van der Waals surface area contributed by atoms with Crippen LogP contribution < -0.4 is 9.47 Å². The number of esters is 9. The molecule has 0 spiro atoms. The molecule has 0 aromatic heterocycles. The molecule has 0 amide bonds. The fourth-order valence-corrected chi connectivity index (χ4v) is 5.82. The van der Waals surface area contributed by atoms with Crippen LogP contribution in [0.5, 0.6) is 17.2 Å². The van der Waals surface area contributed by atoms with Gasteiger partial charge in [0.15, 0.2) is 35.9 Å². The molecule has 2 fully saturated rings. The van der Waals surface area contributed by atoms with Crippen LogP contribution in [0.3, 0.4) is 0 Å². The molecule has 326 valence electrons. The van der Waals surface area contributed by atoms with E-state index in [0.717, 1.165) is 74.6 Å². The van der Waals surface area contributed by atoms with Crippen molar-refractivity contribution in [1.29, 1.82) is 0 Å². The average Bonchev–Trinajstić information content (AvgIpc) is 3.11. The molecule has 59 heavy (non-hydrogen) atoms. The first-order chi connectivity index (χ1) is 27.6. The molecule has 10 atom stereocenters. The Bertz CT molecular complexity index is 1660. The Morgan fingerprint density at radius 3 is 1.08 bits per heavy atom. The minimum atomic E-state index is -1.92. The molecule has 0 saturated carbocycles. The summed E-state index contributed by atoms with van der Waals surface area (Å²) in [6.07, 6.45) is -16.9. The van der Waals surface area contributed by atoms with Crippen LogP contribution in [0.4, 0.5) is 0 Å². The predicted molar refractivity (Wildman–Crippen MR) is 185 cm³/mol. The Kier molecular flexibility index (Phi) is 16.8. The van der Waals surface area contributed by atoms with Crippen LogP contribution in [0.15, 0.2) is 12.1 Å². The third-order valence-corrected chi connectivity index (χ3v) is 7.84. The van der Waals surface area contributed by atoms with Crippen molar-refractivity contribution in [2.24, 2.45) is 0 Å². The van der Waals surface area contributed by atoms with E-state index in [1.54, 1.807) is 0 Å². The van der Waals surface area contributed by atoms with E-state index in [9.17, 15) is 48.3 Å². The summed E-state index contributed by atoms with van der Waals surface area (Å²) in [4.78, 5) is 110. The van der Waals surface area contributed by atoms with Crippen LogP contribution in [0.2, 0.25) is 0 Å². The number of ether oxygens (including phenoxy) is 13. The van der Waals surface area contributed by atoms with Crippen molar-refractivity contribution in [2.75, 3.05) is 20.3 Å². The van der Waals surface area contributed by atoms with E-state index in [1.165, 1.54) is 0 Å². The van der Waals surface area contributed by atoms with Gasteiger partial charge in [-0.15, -0.1) is 0 Å². The van der Waals surface area contributed by atoms with Gasteiger partial charge in [0, 0.05) is 55.4 Å². The first-order valence-electron chi connectivity index (χ1n) is 17.5. The number of phenols is 1. The lowest BCUT2D eigenvalue weighted by atomic mass is 9.98. The number of carbonyl (C=O) groups is 9. The fourth-order valence-electron chi connectivity index (χ4n) is 5.82. The molecule has 1 aromatic carbocycles. The highest BCUT2D eigenvalue weighted by Crippen LogP contribution is 2.42. The predicted octanol–water partition coefficient (Wildman–Crippen LogP) is 0.103. The van der Waals surface area contributed by atoms with Crippen molar-refractivity contribution in [1.82, 2.24) is 0 Å².